The molecule has 0 N–H and O–H groups in total. The molecule has 8 heteroatoms. The maximum atomic E-state index is 15.0. The van der Waals surface area contributed by atoms with Crippen LogP contribution in [-0.4, -0.2) is 34.1 Å². The Hall–Kier alpha value is -2.25. The molecule has 271 valence electrons. The van der Waals surface area contributed by atoms with Crippen molar-refractivity contribution in [1.82, 2.24) is 13.7 Å². The summed E-state index contributed by atoms with van der Waals surface area (Å²) in [7, 11) is 6.65. The van der Waals surface area contributed by atoms with Crippen LogP contribution in [0, 0.1) is 6.92 Å². The third kappa shape index (κ3) is 8.30. The molecule has 2 aromatic heterocycles. The topological polar surface area (TPSA) is 69.2 Å². The summed E-state index contributed by atoms with van der Waals surface area (Å²) in [6, 6.07) is 0.185. The van der Waals surface area contributed by atoms with E-state index < -0.39 is 0 Å². The van der Waals surface area contributed by atoms with Crippen LogP contribution < -0.4 is 21.7 Å². The van der Waals surface area contributed by atoms with Crippen molar-refractivity contribution in [3.05, 3.63) is 36.8 Å². The zero-order valence-electron chi connectivity index (χ0n) is 31.4. The van der Waals surface area contributed by atoms with Crippen LogP contribution in [0.15, 0.2) is 14.4 Å². The highest BCUT2D eigenvalue weighted by Gasteiger charge is 2.32. The average Bonchev–Trinajstić information content (AvgIpc) is 3.27. The van der Waals surface area contributed by atoms with Crippen molar-refractivity contribution in [1.29, 1.82) is 0 Å². The van der Waals surface area contributed by atoms with E-state index in [1.165, 1.54) is 89.9 Å². The third-order valence-corrected chi connectivity index (χ3v) is 13.3. The van der Waals surface area contributed by atoms with Gasteiger partial charge in [0.2, 0.25) is 0 Å². The number of hydrogen-bond donors (Lipinski definition) is 0. The van der Waals surface area contributed by atoms with Gasteiger partial charge in [-0.25, -0.2) is 4.79 Å². The van der Waals surface area contributed by atoms with Gasteiger partial charge in [0.15, 0.2) is 0 Å². The Morgan fingerprint density at radius 2 is 1.02 bits per heavy atom. The van der Waals surface area contributed by atoms with Crippen LogP contribution >= 0.6 is 0 Å². The summed E-state index contributed by atoms with van der Waals surface area (Å²) in [6.07, 6.45) is 30.4. The Labute approximate surface area is 296 Å². The van der Waals surface area contributed by atoms with Crippen molar-refractivity contribution in [3.8, 4) is 0 Å². The van der Waals surface area contributed by atoms with E-state index in [0.29, 0.717) is 22.3 Å². The van der Waals surface area contributed by atoms with Gasteiger partial charge in [-0.3, -0.25) is 23.3 Å². The molecule has 2 unspecified atom stereocenters. The standard InChI is InChI=1S/C41H66BN4O3/c1-30-37-36(38(44(3)39(30)47)43(2)33-23-15-9-5-10-16-24-33)40(48)46(34-25-17-11-6-12-18-26-34)41(49)45(37)35-27-19-22-32(28-29-35)42-31-20-13-7-4-8-14-21-31/h31-35H,4-29H2,1-3H3. The molecule has 0 amide bonds. The molecular weight excluding hydrogens is 607 g/mol. The quantitative estimate of drug-likeness (QED) is 0.226. The second-order valence-electron chi connectivity index (χ2n) is 16.7. The lowest BCUT2D eigenvalue weighted by molar-refractivity contribution is 0.337. The van der Waals surface area contributed by atoms with Gasteiger partial charge in [-0.1, -0.05) is 140 Å². The van der Waals surface area contributed by atoms with E-state index in [1.54, 1.807) is 9.13 Å². The molecule has 1 radical (unpaired) electrons. The molecule has 4 fully saturated rings. The molecule has 0 saturated heterocycles. The molecule has 49 heavy (non-hydrogen) atoms. The van der Waals surface area contributed by atoms with Crippen LogP contribution in [0.1, 0.15) is 185 Å². The Morgan fingerprint density at radius 1 is 0.551 bits per heavy atom. The van der Waals surface area contributed by atoms with Crippen LogP contribution in [0.2, 0.25) is 11.6 Å². The van der Waals surface area contributed by atoms with E-state index in [2.05, 4.69) is 19.2 Å². The van der Waals surface area contributed by atoms with E-state index in [4.69, 9.17) is 0 Å². The van der Waals surface area contributed by atoms with Gasteiger partial charge in [0.05, 0.1) is 5.52 Å². The molecular formula is C41H66BN4O3. The summed E-state index contributed by atoms with van der Waals surface area (Å²) in [4.78, 5) is 46.4. The van der Waals surface area contributed by atoms with Gasteiger partial charge < -0.3 is 4.90 Å². The van der Waals surface area contributed by atoms with Crippen LogP contribution in [0.4, 0.5) is 5.82 Å². The number of aryl methyl sites for hydroxylation is 1. The van der Waals surface area contributed by atoms with Crippen molar-refractivity contribution >= 4 is 24.0 Å². The third-order valence-electron chi connectivity index (χ3n) is 13.3. The Balaban J connectivity index is 1.46. The van der Waals surface area contributed by atoms with Crippen LogP contribution in [0.5, 0.6) is 0 Å². The highest BCUT2D eigenvalue weighted by atomic mass is 16.2. The van der Waals surface area contributed by atoms with Gasteiger partial charge in [0, 0.05) is 37.8 Å². The number of anilines is 1. The van der Waals surface area contributed by atoms with Crippen molar-refractivity contribution in [2.24, 2.45) is 7.05 Å². The number of fused-ring (bicyclic) bond motifs is 1. The number of hydrogen-bond acceptors (Lipinski definition) is 4. The van der Waals surface area contributed by atoms with Crippen LogP contribution in [0.3, 0.4) is 0 Å². The zero-order valence-corrected chi connectivity index (χ0v) is 31.4. The van der Waals surface area contributed by atoms with Gasteiger partial charge in [-0.05, 0) is 45.4 Å². The van der Waals surface area contributed by atoms with Crippen LogP contribution in [0.25, 0.3) is 10.9 Å². The second kappa shape index (κ2) is 17.3. The molecule has 6 rings (SSSR count). The van der Waals surface area contributed by atoms with E-state index in [-0.39, 0.29) is 34.9 Å². The molecule has 0 bridgehead atoms. The predicted molar refractivity (Wildman–Crippen MR) is 206 cm³/mol. The number of aromatic nitrogens is 3. The summed E-state index contributed by atoms with van der Waals surface area (Å²) in [5, 5.41) is 0.604. The minimum absolute atomic E-state index is 0.00325. The number of rotatable bonds is 6. The molecule has 7 nitrogen and oxygen atoms in total. The summed E-state index contributed by atoms with van der Waals surface area (Å²) >= 11 is 0. The van der Waals surface area contributed by atoms with E-state index in [0.717, 1.165) is 88.7 Å². The maximum absolute atomic E-state index is 15.0. The van der Waals surface area contributed by atoms with Gasteiger partial charge in [0.25, 0.3) is 11.1 Å². The summed E-state index contributed by atoms with van der Waals surface area (Å²) in [6.45, 7) is 1.86. The first-order valence-electron chi connectivity index (χ1n) is 20.8. The fourth-order valence-corrected chi connectivity index (χ4v) is 10.4. The van der Waals surface area contributed by atoms with Crippen molar-refractivity contribution in [3.63, 3.8) is 0 Å². The SMILES string of the molecule is Cc1c(=O)n(C)c(N(C)C2CCCCCCC2)c2c(=O)n(C3CCCCCCC3)c(=O)n(C3CCCC([B]C4CCCCCCC4)CC3)c12. The normalized spacial score (nSPS) is 25.0. The first kappa shape index (κ1) is 36.5. The van der Waals surface area contributed by atoms with Gasteiger partial charge in [0.1, 0.15) is 18.5 Å². The zero-order chi connectivity index (χ0) is 34.3. The molecule has 4 aliphatic carbocycles. The summed E-state index contributed by atoms with van der Waals surface area (Å²) in [5.41, 5.74) is 0.762. The maximum Gasteiger partial charge on any atom is 0.332 e. The van der Waals surface area contributed by atoms with Gasteiger partial charge in [-0.15, -0.1) is 0 Å². The van der Waals surface area contributed by atoms with Crippen molar-refractivity contribution < 1.29 is 0 Å². The molecule has 2 heterocycles. The lowest BCUT2D eigenvalue weighted by Gasteiger charge is -2.34. The lowest BCUT2D eigenvalue weighted by Crippen LogP contribution is -2.46. The molecule has 4 saturated carbocycles. The van der Waals surface area contributed by atoms with E-state index in [1.807, 2.05) is 18.5 Å². The summed E-state index contributed by atoms with van der Waals surface area (Å²) in [5.74, 6) is 2.03. The molecule has 4 aliphatic rings. The van der Waals surface area contributed by atoms with Gasteiger partial charge >= 0.3 is 5.69 Å². The molecule has 2 aromatic rings. The van der Waals surface area contributed by atoms with Crippen molar-refractivity contribution in [2.75, 3.05) is 11.9 Å². The van der Waals surface area contributed by atoms with E-state index >= 15 is 4.79 Å². The Kier molecular flexibility index (Phi) is 12.9. The first-order valence-corrected chi connectivity index (χ1v) is 20.8. The predicted octanol–water partition coefficient (Wildman–Crippen LogP) is 9.54. The summed E-state index contributed by atoms with van der Waals surface area (Å²) < 4.78 is 5.43. The second-order valence-corrected chi connectivity index (χ2v) is 16.7. The van der Waals surface area contributed by atoms with Crippen LogP contribution in [-0.2, 0) is 7.05 Å². The van der Waals surface area contributed by atoms with Gasteiger partial charge in [-0.2, -0.15) is 0 Å². The molecule has 0 aliphatic heterocycles. The lowest BCUT2D eigenvalue weighted by atomic mass is 9.50. The average molecular weight is 674 g/mol. The fourth-order valence-electron chi connectivity index (χ4n) is 10.4. The minimum Gasteiger partial charge on any atom is -0.357 e. The fraction of sp³-hybridized carbons (Fsp3) is 0.829. The minimum atomic E-state index is -0.169. The smallest absolute Gasteiger partial charge is 0.332 e. The monoisotopic (exact) mass is 674 g/mol. The van der Waals surface area contributed by atoms with E-state index in [9.17, 15) is 9.59 Å². The Morgan fingerprint density at radius 3 is 1.63 bits per heavy atom. The highest BCUT2D eigenvalue weighted by Crippen LogP contribution is 2.39. The van der Waals surface area contributed by atoms with Crippen molar-refractivity contribution in [2.45, 2.75) is 204 Å². The Bertz CT molecular complexity index is 1550. The number of nitrogens with zero attached hydrogens (tertiary/aromatic N) is 4. The number of pyridine rings is 1. The molecule has 0 aromatic carbocycles. The molecule has 2 atom stereocenters. The highest BCUT2D eigenvalue weighted by molar-refractivity contribution is 6.39. The first-order chi connectivity index (χ1) is 23.9. The molecule has 0 spiro atoms. The largest absolute Gasteiger partial charge is 0.357 e.